The van der Waals surface area contributed by atoms with Crippen LogP contribution in [-0.4, -0.2) is 48.5 Å². The molecule has 2 atom stereocenters. The van der Waals surface area contributed by atoms with Crippen molar-refractivity contribution in [3.8, 4) is 11.4 Å². The third-order valence-corrected chi connectivity index (χ3v) is 7.60. The van der Waals surface area contributed by atoms with E-state index in [1.807, 2.05) is 6.20 Å². The van der Waals surface area contributed by atoms with E-state index in [1.165, 1.54) is 12.3 Å². The van der Waals surface area contributed by atoms with Crippen LogP contribution >= 0.6 is 0 Å². The van der Waals surface area contributed by atoms with Crippen molar-refractivity contribution >= 4 is 17.0 Å². The van der Waals surface area contributed by atoms with E-state index in [2.05, 4.69) is 19.9 Å². The molecule has 8 heteroatoms. The Balaban J connectivity index is 1.34. The molecule has 3 fully saturated rings. The van der Waals surface area contributed by atoms with Crippen LogP contribution in [0.5, 0.6) is 0 Å². The van der Waals surface area contributed by atoms with Crippen LogP contribution in [0, 0.1) is 23.6 Å². The lowest BCUT2D eigenvalue weighted by Crippen LogP contribution is -2.57. The van der Waals surface area contributed by atoms with Crippen molar-refractivity contribution in [2.45, 2.75) is 44.7 Å². The summed E-state index contributed by atoms with van der Waals surface area (Å²) in [6, 6.07) is 1.53. The number of carboxylic acid groups (broad SMARTS) is 1. The number of carboxylic acids is 1. The highest BCUT2D eigenvalue weighted by Gasteiger charge is 2.49. The second kappa shape index (κ2) is 7.09. The summed E-state index contributed by atoms with van der Waals surface area (Å²) in [6.45, 7) is 1.48. The number of nitrogens with one attached hydrogen (secondary N) is 1. The van der Waals surface area contributed by atoms with Gasteiger partial charge in [-0.1, -0.05) is 0 Å². The second-order valence-electron chi connectivity index (χ2n) is 9.17. The van der Waals surface area contributed by atoms with E-state index in [1.54, 1.807) is 6.20 Å². The molecule has 3 saturated carbocycles. The molecule has 31 heavy (non-hydrogen) atoms. The topological polar surface area (TPSA) is 95.0 Å². The van der Waals surface area contributed by atoms with Crippen molar-refractivity contribution < 1.29 is 14.3 Å². The van der Waals surface area contributed by atoms with Crippen LogP contribution in [0.25, 0.3) is 22.4 Å². The lowest BCUT2D eigenvalue weighted by molar-refractivity contribution is -0.154. The Bertz CT molecular complexity index is 1170. The average Bonchev–Trinajstić information content (AvgIpc) is 3.21. The molecule has 0 unspecified atom stereocenters. The van der Waals surface area contributed by atoms with Crippen LogP contribution in [0.15, 0.2) is 24.7 Å². The first kappa shape index (κ1) is 18.9. The molecule has 4 heterocycles. The van der Waals surface area contributed by atoms with Gasteiger partial charge in [0.2, 0.25) is 0 Å². The number of aliphatic carboxylic acids is 1. The normalized spacial score (nSPS) is 28.0. The number of aromatic nitrogens is 4. The standard InChI is InChI=1S/C23H24FN5O2/c24-15-7-16-17(10-27-21(16)26-9-15)22-25-8-14-5-6-29(11-18(14)28-22)20-13-3-1-12(2-4-13)19(20)23(30)31/h7-10,12-13,19-20H,1-6,11H2,(H,26,27)(H,30,31)/t12?,13?,19-,20-/m0/s1. The minimum Gasteiger partial charge on any atom is -0.481 e. The predicted octanol–water partition coefficient (Wildman–Crippen LogP) is 3.41. The van der Waals surface area contributed by atoms with Gasteiger partial charge in [0.15, 0.2) is 5.82 Å². The summed E-state index contributed by atoms with van der Waals surface area (Å²) in [7, 11) is 0. The van der Waals surface area contributed by atoms with E-state index in [-0.39, 0.29) is 12.0 Å². The molecule has 2 bridgehead atoms. The summed E-state index contributed by atoms with van der Waals surface area (Å²) in [5, 5.41) is 10.6. The molecular formula is C23H24FN5O2. The van der Waals surface area contributed by atoms with Gasteiger partial charge in [0.05, 0.1) is 17.8 Å². The van der Waals surface area contributed by atoms with Gasteiger partial charge in [-0.3, -0.25) is 9.69 Å². The van der Waals surface area contributed by atoms with Gasteiger partial charge in [0, 0.05) is 42.5 Å². The fraction of sp³-hybridized carbons (Fsp3) is 0.478. The third-order valence-electron chi connectivity index (χ3n) is 7.60. The first-order valence-electron chi connectivity index (χ1n) is 11.0. The molecule has 0 spiro atoms. The second-order valence-corrected chi connectivity index (χ2v) is 9.17. The van der Waals surface area contributed by atoms with Crippen molar-refractivity contribution in [2.75, 3.05) is 6.54 Å². The Labute approximate surface area is 178 Å². The first-order chi connectivity index (χ1) is 15.1. The number of H-pyrrole nitrogens is 1. The van der Waals surface area contributed by atoms with Crippen LogP contribution in [0.3, 0.4) is 0 Å². The fourth-order valence-electron chi connectivity index (χ4n) is 6.16. The smallest absolute Gasteiger partial charge is 0.308 e. The SMILES string of the molecule is O=C(O)[C@H]1C2CCC(CC2)[C@@H]1N1CCc2cnc(-c3c[nH]c4ncc(F)cc34)nc2C1. The molecule has 3 aliphatic carbocycles. The summed E-state index contributed by atoms with van der Waals surface area (Å²) in [6.07, 6.45) is 9.98. The van der Waals surface area contributed by atoms with Crippen LogP contribution in [0.4, 0.5) is 4.39 Å². The van der Waals surface area contributed by atoms with Crippen molar-refractivity contribution in [3.05, 3.63) is 41.7 Å². The number of hydrogen-bond acceptors (Lipinski definition) is 5. The molecule has 1 aliphatic heterocycles. The van der Waals surface area contributed by atoms with E-state index in [9.17, 15) is 14.3 Å². The van der Waals surface area contributed by atoms with Crippen molar-refractivity contribution in [1.82, 2.24) is 24.8 Å². The maximum Gasteiger partial charge on any atom is 0.308 e. The largest absolute Gasteiger partial charge is 0.481 e. The summed E-state index contributed by atoms with van der Waals surface area (Å²) in [5.41, 5.74) is 3.38. The maximum atomic E-state index is 13.7. The Morgan fingerprint density at radius 1 is 1.16 bits per heavy atom. The van der Waals surface area contributed by atoms with Gasteiger partial charge in [-0.05, 0) is 55.6 Å². The summed E-state index contributed by atoms with van der Waals surface area (Å²) in [4.78, 5) is 31.0. The Morgan fingerprint density at radius 3 is 2.77 bits per heavy atom. The molecule has 0 amide bonds. The van der Waals surface area contributed by atoms with Gasteiger partial charge in [0.25, 0.3) is 0 Å². The van der Waals surface area contributed by atoms with Crippen molar-refractivity contribution in [1.29, 1.82) is 0 Å². The minimum absolute atomic E-state index is 0.0861. The van der Waals surface area contributed by atoms with Gasteiger partial charge in [-0.25, -0.2) is 19.3 Å². The number of aromatic amines is 1. The molecule has 3 aromatic rings. The van der Waals surface area contributed by atoms with E-state index in [4.69, 9.17) is 4.98 Å². The first-order valence-corrected chi connectivity index (χ1v) is 11.0. The fourth-order valence-corrected chi connectivity index (χ4v) is 6.16. The molecule has 160 valence electrons. The highest BCUT2D eigenvalue weighted by atomic mass is 19.1. The molecule has 4 aliphatic rings. The zero-order chi connectivity index (χ0) is 21.1. The Morgan fingerprint density at radius 2 is 1.97 bits per heavy atom. The van der Waals surface area contributed by atoms with E-state index >= 15 is 0 Å². The molecule has 0 radical (unpaired) electrons. The summed E-state index contributed by atoms with van der Waals surface area (Å²) in [5.74, 6) is -0.0382. The lowest BCUT2D eigenvalue weighted by atomic mass is 9.61. The zero-order valence-electron chi connectivity index (χ0n) is 17.1. The molecule has 2 N–H and O–H groups in total. The van der Waals surface area contributed by atoms with Crippen molar-refractivity contribution in [3.63, 3.8) is 0 Å². The zero-order valence-corrected chi connectivity index (χ0v) is 17.1. The maximum absolute atomic E-state index is 13.7. The highest BCUT2D eigenvalue weighted by Crippen LogP contribution is 2.48. The summed E-state index contributed by atoms with van der Waals surface area (Å²) >= 11 is 0. The predicted molar refractivity (Wildman–Crippen MR) is 112 cm³/mol. The number of halogens is 1. The minimum atomic E-state index is -0.651. The van der Waals surface area contributed by atoms with Gasteiger partial charge >= 0.3 is 5.97 Å². The molecular weight excluding hydrogens is 397 g/mol. The van der Waals surface area contributed by atoms with Crippen molar-refractivity contribution in [2.24, 2.45) is 17.8 Å². The monoisotopic (exact) mass is 421 g/mol. The number of fused-ring (bicyclic) bond motifs is 5. The van der Waals surface area contributed by atoms with Crippen LogP contribution < -0.4 is 0 Å². The van der Waals surface area contributed by atoms with Crippen LogP contribution in [0.1, 0.15) is 36.9 Å². The number of pyridine rings is 1. The number of hydrogen-bond donors (Lipinski definition) is 2. The highest BCUT2D eigenvalue weighted by molar-refractivity contribution is 5.91. The molecule has 7 nitrogen and oxygen atoms in total. The Hall–Kier alpha value is -2.87. The number of rotatable bonds is 3. The summed E-state index contributed by atoms with van der Waals surface area (Å²) < 4.78 is 13.7. The van der Waals surface area contributed by atoms with E-state index < -0.39 is 11.8 Å². The molecule has 3 aromatic heterocycles. The van der Waals surface area contributed by atoms with E-state index in [0.29, 0.717) is 35.2 Å². The average molecular weight is 421 g/mol. The lowest BCUT2D eigenvalue weighted by Gasteiger charge is -2.51. The van der Waals surface area contributed by atoms with E-state index in [0.717, 1.165) is 55.5 Å². The van der Waals surface area contributed by atoms with Gasteiger partial charge < -0.3 is 10.1 Å². The molecule has 0 aromatic carbocycles. The van der Waals surface area contributed by atoms with Gasteiger partial charge in [-0.2, -0.15) is 0 Å². The third kappa shape index (κ3) is 3.04. The quantitative estimate of drug-likeness (QED) is 0.673. The Kier molecular flexibility index (Phi) is 4.31. The number of nitrogens with zero attached hydrogens (tertiary/aromatic N) is 4. The van der Waals surface area contributed by atoms with Gasteiger partial charge in [0.1, 0.15) is 11.5 Å². The van der Waals surface area contributed by atoms with Crippen LogP contribution in [-0.2, 0) is 17.8 Å². The molecule has 0 saturated heterocycles. The van der Waals surface area contributed by atoms with Gasteiger partial charge in [-0.15, -0.1) is 0 Å². The number of carbonyl (C=O) groups is 1. The molecule has 7 rings (SSSR count). The van der Waals surface area contributed by atoms with Crippen LogP contribution in [0.2, 0.25) is 0 Å².